The van der Waals surface area contributed by atoms with E-state index in [2.05, 4.69) is 22.2 Å². The molecule has 0 saturated carbocycles. The number of likely N-dealkylation sites (N-methyl/N-ethyl adjacent to an activating group) is 1. The molecule has 2 rings (SSSR count). The molecule has 1 fully saturated rings. The number of hydrogen-bond acceptors (Lipinski definition) is 4. The molecule has 0 atom stereocenters. The first kappa shape index (κ1) is 18.6. The van der Waals surface area contributed by atoms with Crippen molar-refractivity contribution in [3.8, 4) is 0 Å². The molecule has 1 heterocycles. The van der Waals surface area contributed by atoms with E-state index in [1.54, 1.807) is 11.8 Å². The van der Waals surface area contributed by atoms with Gasteiger partial charge >= 0.3 is 0 Å². The summed E-state index contributed by atoms with van der Waals surface area (Å²) in [5.74, 6) is 1.44. The highest BCUT2D eigenvalue weighted by Gasteiger charge is 2.12. The molecule has 1 aromatic carbocycles. The number of amides is 1. The Morgan fingerprint density at radius 3 is 2.83 bits per heavy atom. The van der Waals surface area contributed by atoms with Crippen molar-refractivity contribution in [1.29, 1.82) is 0 Å². The number of benzene rings is 1. The van der Waals surface area contributed by atoms with Gasteiger partial charge in [-0.05, 0) is 37.7 Å². The lowest BCUT2D eigenvalue weighted by Crippen LogP contribution is -2.45. The molecule has 1 N–H and O–H groups in total. The molecule has 0 aliphatic carbocycles. The van der Waals surface area contributed by atoms with Gasteiger partial charge in [-0.25, -0.2) is 0 Å². The molecule has 1 aliphatic heterocycles. The quantitative estimate of drug-likeness (QED) is 0.726. The fraction of sp³-hybridized carbons (Fsp3) is 0.588. The molecule has 4 nitrogen and oxygen atoms in total. The molecule has 1 amide bonds. The SMILES string of the molecule is CN1CCN(CCCNC(=O)CSCc2cccc(Cl)c2)CC1. The van der Waals surface area contributed by atoms with Gasteiger partial charge < -0.3 is 15.1 Å². The number of piperazine rings is 1. The Bertz CT molecular complexity index is 492. The lowest BCUT2D eigenvalue weighted by Gasteiger charge is -2.32. The molecule has 1 aromatic rings. The zero-order valence-electron chi connectivity index (χ0n) is 13.8. The van der Waals surface area contributed by atoms with Crippen molar-refractivity contribution < 1.29 is 4.79 Å². The molecule has 128 valence electrons. The predicted molar refractivity (Wildman–Crippen MR) is 99.2 cm³/mol. The number of carbonyl (C=O) groups is 1. The molecule has 0 radical (unpaired) electrons. The van der Waals surface area contributed by atoms with Crippen LogP contribution in [0.5, 0.6) is 0 Å². The van der Waals surface area contributed by atoms with Crippen LogP contribution in [0.1, 0.15) is 12.0 Å². The summed E-state index contributed by atoms with van der Waals surface area (Å²) in [5.41, 5.74) is 1.16. The summed E-state index contributed by atoms with van der Waals surface area (Å²) < 4.78 is 0. The highest BCUT2D eigenvalue weighted by Crippen LogP contribution is 2.16. The lowest BCUT2D eigenvalue weighted by atomic mass is 10.2. The highest BCUT2D eigenvalue weighted by molar-refractivity contribution is 7.99. The maximum atomic E-state index is 11.8. The van der Waals surface area contributed by atoms with Crippen LogP contribution < -0.4 is 5.32 Å². The summed E-state index contributed by atoms with van der Waals surface area (Å²) in [6.07, 6.45) is 1.02. The van der Waals surface area contributed by atoms with Crippen LogP contribution in [-0.4, -0.2) is 67.8 Å². The third kappa shape index (κ3) is 7.57. The van der Waals surface area contributed by atoms with Gasteiger partial charge in [0.15, 0.2) is 0 Å². The first-order chi connectivity index (χ1) is 11.1. The fourth-order valence-corrected chi connectivity index (χ4v) is 3.56. The number of rotatable bonds is 8. The third-order valence-corrected chi connectivity index (χ3v) is 5.20. The van der Waals surface area contributed by atoms with Gasteiger partial charge in [0.1, 0.15) is 0 Å². The van der Waals surface area contributed by atoms with Crippen LogP contribution in [0.15, 0.2) is 24.3 Å². The van der Waals surface area contributed by atoms with E-state index in [1.165, 1.54) is 0 Å². The van der Waals surface area contributed by atoms with Crippen LogP contribution in [0.3, 0.4) is 0 Å². The molecule has 1 aliphatic rings. The van der Waals surface area contributed by atoms with E-state index in [1.807, 2.05) is 24.3 Å². The van der Waals surface area contributed by atoms with Gasteiger partial charge in [0.25, 0.3) is 0 Å². The number of hydrogen-bond donors (Lipinski definition) is 1. The Hall–Kier alpha value is -0.750. The van der Waals surface area contributed by atoms with Crippen molar-refractivity contribution in [2.75, 3.05) is 52.1 Å². The molecule has 0 bridgehead atoms. The number of thioether (sulfide) groups is 1. The van der Waals surface area contributed by atoms with E-state index in [-0.39, 0.29) is 5.91 Å². The fourth-order valence-electron chi connectivity index (χ4n) is 2.54. The Morgan fingerprint density at radius 2 is 2.09 bits per heavy atom. The van der Waals surface area contributed by atoms with Crippen LogP contribution in [0.25, 0.3) is 0 Å². The molecular weight excluding hydrogens is 330 g/mol. The van der Waals surface area contributed by atoms with E-state index in [0.717, 1.165) is 62.0 Å². The maximum absolute atomic E-state index is 11.8. The number of carbonyl (C=O) groups excluding carboxylic acids is 1. The molecule has 23 heavy (non-hydrogen) atoms. The van der Waals surface area contributed by atoms with Gasteiger partial charge in [-0.3, -0.25) is 4.79 Å². The average Bonchev–Trinajstić information content (AvgIpc) is 2.53. The Kier molecular flexibility index (Phi) is 8.23. The average molecular weight is 356 g/mol. The van der Waals surface area contributed by atoms with Gasteiger partial charge in [-0.15, -0.1) is 11.8 Å². The first-order valence-electron chi connectivity index (χ1n) is 8.13. The van der Waals surface area contributed by atoms with Crippen molar-refractivity contribution in [3.63, 3.8) is 0 Å². The minimum atomic E-state index is 0.121. The number of halogens is 1. The van der Waals surface area contributed by atoms with Crippen LogP contribution in [0.2, 0.25) is 5.02 Å². The Balaban J connectivity index is 1.50. The minimum Gasteiger partial charge on any atom is -0.355 e. The minimum absolute atomic E-state index is 0.121. The van der Waals surface area contributed by atoms with Crippen LogP contribution >= 0.6 is 23.4 Å². The molecule has 0 unspecified atom stereocenters. The summed E-state index contributed by atoms with van der Waals surface area (Å²) >= 11 is 7.57. The lowest BCUT2D eigenvalue weighted by molar-refractivity contribution is -0.118. The van der Waals surface area contributed by atoms with Gasteiger partial charge in [0, 0.05) is 43.5 Å². The van der Waals surface area contributed by atoms with Crippen molar-refractivity contribution in [2.45, 2.75) is 12.2 Å². The second kappa shape index (κ2) is 10.2. The third-order valence-electron chi connectivity index (χ3n) is 3.96. The topological polar surface area (TPSA) is 35.6 Å². The molecule has 0 spiro atoms. The monoisotopic (exact) mass is 355 g/mol. The Morgan fingerprint density at radius 1 is 1.30 bits per heavy atom. The second-order valence-electron chi connectivity index (χ2n) is 5.97. The van der Waals surface area contributed by atoms with Gasteiger partial charge in [0.05, 0.1) is 5.75 Å². The standard InChI is InChI=1S/C17H26ClN3OS/c1-20-8-10-21(11-9-20)7-3-6-19-17(22)14-23-13-15-4-2-5-16(18)12-15/h2,4-5,12H,3,6-11,13-14H2,1H3,(H,19,22). The molecule has 6 heteroatoms. The van der Waals surface area contributed by atoms with E-state index >= 15 is 0 Å². The summed E-state index contributed by atoms with van der Waals surface area (Å²) in [6.45, 7) is 6.41. The van der Waals surface area contributed by atoms with Crippen LogP contribution in [0.4, 0.5) is 0 Å². The summed E-state index contributed by atoms with van der Waals surface area (Å²) in [7, 11) is 2.17. The van der Waals surface area contributed by atoms with E-state index < -0.39 is 0 Å². The highest BCUT2D eigenvalue weighted by atomic mass is 35.5. The van der Waals surface area contributed by atoms with Gasteiger partial charge in [-0.2, -0.15) is 0 Å². The zero-order valence-corrected chi connectivity index (χ0v) is 15.3. The number of nitrogens with zero attached hydrogens (tertiary/aromatic N) is 2. The van der Waals surface area contributed by atoms with Crippen molar-refractivity contribution >= 4 is 29.3 Å². The van der Waals surface area contributed by atoms with E-state index in [0.29, 0.717) is 5.75 Å². The van der Waals surface area contributed by atoms with Crippen LogP contribution in [-0.2, 0) is 10.5 Å². The smallest absolute Gasteiger partial charge is 0.230 e. The molecule has 0 aromatic heterocycles. The largest absolute Gasteiger partial charge is 0.355 e. The van der Waals surface area contributed by atoms with E-state index in [9.17, 15) is 4.79 Å². The van der Waals surface area contributed by atoms with Crippen molar-refractivity contribution in [2.24, 2.45) is 0 Å². The second-order valence-corrected chi connectivity index (χ2v) is 7.39. The molecule has 1 saturated heterocycles. The predicted octanol–water partition coefficient (Wildman–Crippen LogP) is 2.33. The summed E-state index contributed by atoms with van der Waals surface area (Å²) in [6, 6.07) is 7.79. The zero-order chi connectivity index (χ0) is 16.5. The normalized spacial score (nSPS) is 16.4. The van der Waals surface area contributed by atoms with Crippen molar-refractivity contribution in [1.82, 2.24) is 15.1 Å². The summed E-state index contributed by atoms with van der Waals surface area (Å²) in [5, 5.41) is 3.75. The van der Waals surface area contributed by atoms with Crippen LogP contribution in [0, 0.1) is 0 Å². The Labute approximate surface area is 148 Å². The van der Waals surface area contributed by atoms with Gasteiger partial charge in [-0.1, -0.05) is 23.7 Å². The maximum Gasteiger partial charge on any atom is 0.230 e. The molecular formula is C17H26ClN3OS. The van der Waals surface area contributed by atoms with Gasteiger partial charge in [0.2, 0.25) is 5.91 Å². The first-order valence-corrected chi connectivity index (χ1v) is 9.66. The number of nitrogens with one attached hydrogen (secondary N) is 1. The summed E-state index contributed by atoms with van der Waals surface area (Å²) in [4.78, 5) is 16.6. The van der Waals surface area contributed by atoms with E-state index in [4.69, 9.17) is 11.6 Å². The van der Waals surface area contributed by atoms with Crippen molar-refractivity contribution in [3.05, 3.63) is 34.9 Å².